The van der Waals surface area contributed by atoms with Crippen LogP contribution in [0.25, 0.3) is 32.7 Å². The first-order valence-electron chi connectivity index (χ1n) is 10.9. The van der Waals surface area contributed by atoms with Crippen molar-refractivity contribution in [3.05, 3.63) is 71.8 Å². The number of rotatable bonds is 5. The van der Waals surface area contributed by atoms with Crippen LogP contribution in [0.1, 0.15) is 38.8 Å². The molecule has 0 atom stereocenters. The highest BCUT2D eigenvalue weighted by Gasteiger charge is 2.19. The smallest absolute Gasteiger partial charge is 0.127 e. The van der Waals surface area contributed by atoms with E-state index in [0.717, 1.165) is 55.3 Å². The lowest BCUT2D eigenvalue weighted by molar-refractivity contribution is 0.337. The van der Waals surface area contributed by atoms with Gasteiger partial charge in [-0.2, -0.15) is 0 Å². The van der Waals surface area contributed by atoms with Crippen LogP contribution in [0.3, 0.4) is 0 Å². The molecule has 0 aliphatic heterocycles. The normalized spacial score (nSPS) is 10.2. The Balaban J connectivity index is 2.11. The van der Waals surface area contributed by atoms with Gasteiger partial charge in [0.05, 0.1) is 13.2 Å². The molecule has 0 amide bonds. The average molecular weight is 419 g/mol. The highest BCUT2D eigenvalue weighted by Crippen LogP contribution is 2.45. The highest BCUT2D eigenvalue weighted by molar-refractivity contribution is 6.10. The van der Waals surface area contributed by atoms with Crippen molar-refractivity contribution in [2.24, 2.45) is 0 Å². The van der Waals surface area contributed by atoms with Gasteiger partial charge in [-0.3, -0.25) is 0 Å². The highest BCUT2D eigenvalue weighted by atomic mass is 16.5. The van der Waals surface area contributed by atoms with Crippen LogP contribution in [0.5, 0.6) is 11.5 Å². The van der Waals surface area contributed by atoms with E-state index in [2.05, 4.69) is 84.3 Å². The summed E-state index contributed by atoms with van der Waals surface area (Å²) in [5, 5.41) is 4.47. The molecule has 0 aliphatic carbocycles. The zero-order valence-corrected chi connectivity index (χ0v) is 19.0. The van der Waals surface area contributed by atoms with E-state index < -0.39 is 0 Å². The topological polar surface area (TPSA) is 18.5 Å². The van der Waals surface area contributed by atoms with Crippen LogP contribution in [0, 0.1) is 23.7 Å². The second-order valence-corrected chi connectivity index (χ2v) is 7.37. The summed E-state index contributed by atoms with van der Waals surface area (Å²) in [6.45, 7) is 8.91. The Morgan fingerprint density at radius 2 is 1.03 bits per heavy atom. The van der Waals surface area contributed by atoms with Crippen LogP contribution in [0.4, 0.5) is 0 Å². The van der Waals surface area contributed by atoms with Crippen molar-refractivity contribution in [2.75, 3.05) is 13.2 Å². The van der Waals surface area contributed by atoms with Gasteiger partial charge < -0.3 is 9.47 Å². The van der Waals surface area contributed by atoms with E-state index in [0.29, 0.717) is 13.2 Å². The van der Waals surface area contributed by atoms with Gasteiger partial charge in [-0.05, 0) is 85.6 Å². The maximum absolute atomic E-state index is 6.12. The molecule has 4 aromatic rings. The standard InChI is InChI=1S/C30H26O2/c1-5-9-21-11-15-25-23(19-21)13-17-27(31-7-3)29(25)30-26-16-12-22(10-6-2)20-24(26)14-18-28(30)32-8-4/h11-20H,7-8H2,1-4H3. The van der Waals surface area contributed by atoms with Gasteiger partial charge in [0, 0.05) is 22.3 Å². The minimum Gasteiger partial charge on any atom is -0.493 e. The molecule has 158 valence electrons. The van der Waals surface area contributed by atoms with Gasteiger partial charge in [-0.1, -0.05) is 36.1 Å². The number of benzene rings is 4. The largest absolute Gasteiger partial charge is 0.493 e. The fourth-order valence-corrected chi connectivity index (χ4v) is 4.13. The number of hydrogen-bond acceptors (Lipinski definition) is 2. The molecule has 0 aromatic heterocycles. The molecule has 0 fully saturated rings. The summed E-state index contributed by atoms with van der Waals surface area (Å²) in [6.07, 6.45) is 0. The van der Waals surface area contributed by atoms with Crippen molar-refractivity contribution in [1.29, 1.82) is 0 Å². The van der Waals surface area contributed by atoms with Crippen molar-refractivity contribution < 1.29 is 9.47 Å². The number of fused-ring (bicyclic) bond motifs is 2. The minimum atomic E-state index is 0.586. The SMILES string of the molecule is CC#Cc1ccc2c(-c3c(OCC)ccc4cc(C#CC)ccc34)c(OCC)ccc2c1. The molecule has 0 bridgehead atoms. The number of ether oxygens (including phenoxy) is 2. The number of hydrogen-bond donors (Lipinski definition) is 0. The fourth-order valence-electron chi connectivity index (χ4n) is 4.13. The molecular formula is C30H26O2. The molecule has 2 heteroatoms. The molecular weight excluding hydrogens is 392 g/mol. The van der Waals surface area contributed by atoms with Gasteiger partial charge >= 0.3 is 0 Å². The second kappa shape index (κ2) is 9.51. The van der Waals surface area contributed by atoms with Crippen molar-refractivity contribution in [1.82, 2.24) is 0 Å². The average Bonchev–Trinajstić information content (AvgIpc) is 2.80. The lowest BCUT2D eigenvalue weighted by atomic mass is 9.91. The van der Waals surface area contributed by atoms with Crippen LogP contribution >= 0.6 is 0 Å². The quantitative estimate of drug-likeness (QED) is 0.319. The van der Waals surface area contributed by atoms with Crippen LogP contribution in [0.15, 0.2) is 60.7 Å². The molecule has 0 saturated carbocycles. The summed E-state index contributed by atoms with van der Waals surface area (Å²) in [7, 11) is 0. The van der Waals surface area contributed by atoms with E-state index >= 15 is 0 Å². The van der Waals surface area contributed by atoms with E-state index in [9.17, 15) is 0 Å². The van der Waals surface area contributed by atoms with E-state index in [-0.39, 0.29) is 0 Å². The zero-order chi connectivity index (χ0) is 22.5. The van der Waals surface area contributed by atoms with E-state index in [1.165, 1.54) is 0 Å². The summed E-state index contributed by atoms with van der Waals surface area (Å²) in [5.74, 6) is 14.0. The summed E-state index contributed by atoms with van der Waals surface area (Å²) >= 11 is 0. The third-order valence-electron chi connectivity index (χ3n) is 5.35. The predicted molar refractivity (Wildman–Crippen MR) is 134 cm³/mol. The third kappa shape index (κ3) is 4.01. The Labute approximate surface area is 190 Å². The monoisotopic (exact) mass is 418 g/mol. The summed E-state index contributed by atoms with van der Waals surface area (Å²) in [4.78, 5) is 0. The summed E-state index contributed by atoms with van der Waals surface area (Å²) in [6, 6.07) is 21.0. The first kappa shape index (κ1) is 21.4. The molecule has 0 saturated heterocycles. The van der Waals surface area contributed by atoms with Crippen molar-refractivity contribution >= 4 is 21.5 Å². The van der Waals surface area contributed by atoms with Crippen LogP contribution < -0.4 is 9.47 Å². The molecule has 0 heterocycles. The third-order valence-corrected chi connectivity index (χ3v) is 5.35. The molecule has 2 nitrogen and oxygen atoms in total. The van der Waals surface area contributed by atoms with E-state index in [1.54, 1.807) is 0 Å². The van der Waals surface area contributed by atoms with Crippen molar-refractivity contribution in [3.63, 3.8) is 0 Å². The van der Waals surface area contributed by atoms with Gasteiger partial charge in [0.15, 0.2) is 0 Å². The Bertz CT molecular complexity index is 1310. The van der Waals surface area contributed by atoms with Crippen LogP contribution in [-0.2, 0) is 0 Å². The Hall–Kier alpha value is -3.88. The zero-order valence-electron chi connectivity index (χ0n) is 19.0. The first-order chi connectivity index (χ1) is 15.7. The Kier molecular flexibility index (Phi) is 6.34. The van der Waals surface area contributed by atoms with Gasteiger partial charge in [-0.25, -0.2) is 0 Å². The van der Waals surface area contributed by atoms with Crippen LogP contribution in [0.2, 0.25) is 0 Å². The van der Waals surface area contributed by atoms with Crippen LogP contribution in [-0.4, -0.2) is 13.2 Å². The molecule has 32 heavy (non-hydrogen) atoms. The predicted octanol–water partition coefficient (Wildman–Crippen LogP) is 7.20. The van der Waals surface area contributed by atoms with E-state index in [4.69, 9.17) is 9.47 Å². The molecule has 0 N–H and O–H groups in total. The van der Waals surface area contributed by atoms with Crippen molar-refractivity contribution in [3.8, 4) is 46.3 Å². The molecule has 4 rings (SSSR count). The summed E-state index contributed by atoms with van der Waals surface area (Å²) < 4.78 is 12.2. The summed E-state index contributed by atoms with van der Waals surface area (Å²) in [5.41, 5.74) is 4.09. The van der Waals surface area contributed by atoms with Gasteiger partial charge in [0.25, 0.3) is 0 Å². The lowest BCUT2D eigenvalue weighted by Crippen LogP contribution is -1.99. The lowest BCUT2D eigenvalue weighted by Gasteiger charge is -2.19. The van der Waals surface area contributed by atoms with Gasteiger partial charge in [-0.15, -0.1) is 11.8 Å². The van der Waals surface area contributed by atoms with Gasteiger partial charge in [0.2, 0.25) is 0 Å². The van der Waals surface area contributed by atoms with Gasteiger partial charge in [0.1, 0.15) is 11.5 Å². The molecule has 0 aliphatic rings. The van der Waals surface area contributed by atoms with Crippen molar-refractivity contribution in [2.45, 2.75) is 27.7 Å². The maximum atomic E-state index is 6.12. The first-order valence-corrected chi connectivity index (χ1v) is 10.9. The fraction of sp³-hybridized carbons (Fsp3) is 0.200. The Morgan fingerprint density at radius 3 is 1.41 bits per heavy atom. The molecule has 0 radical (unpaired) electrons. The molecule has 0 spiro atoms. The second-order valence-electron chi connectivity index (χ2n) is 7.37. The van der Waals surface area contributed by atoms with E-state index in [1.807, 2.05) is 27.7 Å². The maximum Gasteiger partial charge on any atom is 0.127 e. The molecule has 4 aromatic carbocycles. The Morgan fingerprint density at radius 1 is 0.594 bits per heavy atom. The molecule has 0 unspecified atom stereocenters. The minimum absolute atomic E-state index is 0.586.